The highest BCUT2D eigenvalue weighted by Crippen LogP contribution is 2.17. The van der Waals surface area contributed by atoms with Crippen LogP contribution in [0.5, 0.6) is 11.5 Å². The number of benzene rings is 2. The molecule has 0 unspecified atom stereocenters. The van der Waals surface area contributed by atoms with Crippen molar-refractivity contribution in [2.45, 2.75) is 12.6 Å². The fraction of sp³-hybridized carbons (Fsp3) is 0.217. The number of aromatic nitrogens is 4. The normalized spacial score (nSPS) is 12.2. The van der Waals surface area contributed by atoms with E-state index < -0.39 is 17.4 Å². The number of hydrazone groups is 1. The Balaban J connectivity index is 1.60. The van der Waals surface area contributed by atoms with Crippen molar-refractivity contribution in [3.05, 3.63) is 81.0 Å². The molecule has 0 spiro atoms. The first-order valence-corrected chi connectivity index (χ1v) is 10.4. The van der Waals surface area contributed by atoms with E-state index in [0.29, 0.717) is 5.75 Å². The summed E-state index contributed by atoms with van der Waals surface area (Å²) >= 11 is 0. The summed E-state index contributed by atoms with van der Waals surface area (Å²) in [6.45, 7) is -0.0348. The molecule has 176 valence electrons. The number of methoxy groups -OCH3 is 1. The summed E-state index contributed by atoms with van der Waals surface area (Å²) in [6.07, 6.45) is 0.599. The number of fused-ring (bicyclic) bond motifs is 1. The van der Waals surface area contributed by atoms with E-state index in [0.717, 1.165) is 11.3 Å². The van der Waals surface area contributed by atoms with Crippen molar-refractivity contribution in [3.63, 3.8) is 0 Å². The number of hydrogen-bond acceptors (Lipinski definition) is 8. The van der Waals surface area contributed by atoms with Crippen LogP contribution in [-0.2, 0) is 13.6 Å². The van der Waals surface area contributed by atoms with Crippen molar-refractivity contribution in [2.75, 3.05) is 19.1 Å². The van der Waals surface area contributed by atoms with E-state index in [2.05, 4.69) is 20.5 Å². The van der Waals surface area contributed by atoms with Gasteiger partial charge in [0.15, 0.2) is 11.2 Å². The Morgan fingerprint density at radius 3 is 2.59 bits per heavy atom. The molecule has 34 heavy (non-hydrogen) atoms. The van der Waals surface area contributed by atoms with Crippen LogP contribution in [0, 0.1) is 0 Å². The van der Waals surface area contributed by atoms with E-state index in [9.17, 15) is 14.7 Å². The first kappa shape index (κ1) is 22.8. The molecular formula is C23H24N6O5. The van der Waals surface area contributed by atoms with E-state index in [4.69, 9.17) is 9.47 Å². The molecule has 4 aromatic rings. The number of para-hydroxylation sites is 1. The third kappa shape index (κ3) is 4.99. The van der Waals surface area contributed by atoms with Gasteiger partial charge in [0.25, 0.3) is 5.56 Å². The average molecular weight is 464 g/mol. The zero-order valence-corrected chi connectivity index (χ0v) is 18.6. The van der Waals surface area contributed by atoms with Crippen LogP contribution < -0.4 is 26.1 Å². The highest BCUT2D eigenvalue weighted by Gasteiger charge is 2.20. The van der Waals surface area contributed by atoms with Crippen LogP contribution in [0.4, 0.5) is 5.95 Å². The van der Waals surface area contributed by atoms with Crippen LogP contribution in [0.3, 0.4) is 0 Å². The van der Waals surface area contributed by atoms with Crippen LogP contribution in [0.1, 0.15) is 5.56 Å². The SMILES string of the molecule is COc1ccc(/C=N\Nc2nc3c(c(=O)[nH]c(=O)n3C)n2C[C@@H](O)COc2ccccc2)cc1. The van der Waals surface area contributed by atoms with Gasteiger partial charge in [0.1, 0.15) is 24.2 Å². The van der Waals surface area contributed by atoms with Gasteiger partial charge in [-0.3, -0.25) is 14.3 Å². The number of aliphatic hydroxyl groups excluding tert-OH is 1. The van der Waals surface area contributed by atoms with Crippen LogP contribution >= 0.6 is 0 Å². The lowest BCUT2D eigenvalue weighted by Gasteiger charge is -2.15. The molecule has 1 atom stereocenters. The van der Waals surface area contributed by atoms with Gasteiger partial charge < -0.3 is 19.1 Å². The standard InChI is InChI=1S/C23H24N6O5/c1-28-20-19(21(31)26-23(28)32)29(13-16(30)14-34-18-6-4-3-5-7-18)22(25-20)27-24-12-15-8-10-17(33-2)11-9-15/h3-12,16,30H,13-14H2,1-2H3,(H,25,27)(H,26,31,32)/b24-12-/t16-/m1/s1. The number of aromatic amines is 1. The largest absolute Gasteiger partial charge is 0.497 e. The topological polar surface area (TPSA) is 136 Å². The number of ether oxygens (including phenoxy) is 2. The number of H-pyrrole nitrogens is 1. The maximum Gasteiger partial charge on any atom is 0.329 e. The number of nitrogens with one attached hydrogen (secondary N) is 2. The first-order chi connectivity index (χ1) is 16.5. The molecule has 2 heterocycles. The summed E-state index contributed by atoms with van der Waals surface area (Å²) in [4.78, 5) is 31.2. The summed E-state index contributed by atoms with van der Waals surface area (Å²) < 4.78 is 13.4. The smallest absolute Gasteiger partial charge is 0.329 e. The highest BCUT2D eigenvalue weighted by molar-refractivity contribution is 5.80. The minimum atomic E-state index is -0.972. The minimum Gasteiger partial charge on any atom is -0.497 e. The van der Waals surface area contributed by atoms with Crippen molar-refractivity contribution in [1.29, 1.82) is 0 Å². The van der Waals surface area contributed by atoms with Gasteiger partial charge in [0.2, 0.25) is 5.95 Å². The molecule has 11 nitrogen and oxygen atoms in total. The molecular weight excluding hydrogens is 440 g/mol. The molecule has 0 fully saturated rings. The maximum absolute atomic E-state index is 12.6. The molecule has 2 aromatic heterocycles. The third-order valence-electron chi connectivity index (χ3n) is 5.08. The van der Waals surface area contributed by atoms with Gasteiger partial charge in [0.05, 0.1) is 19.9 Å². The average Bonchev–Trinajstić information content (AvgIpc) is 3.21. The van der Waals surface area contributed by atoms with E-state index in [-0.39, 0.29) is 30.3 Å². The Bertz CT molecular complexity index is 1410. The van der Waals surface area contributed by atoms with Crippen molar-refractivity contribution >= 4 is 23.3 Å². The van der Waals surface area contributed by atoms with Gasteiger partial charge in [-0.15, -0.1) is 0 Å². The lowest BCUT2D eigenvalue weighted by molar-refractivity contribution is 0.0938. The highest BCUT2D eigenvalue weighted by atomic mass is 16.5. The number of nitrogens with zero attached hydrogens (tertiary/aromatic N) is 4. The van der Waals surface area contributed by atoms with Crippen LogP contribution in [0.2, 0.25) is 0 Å². The molecule has 4 rings (SSSR count). The van der Waals surface area contributed by atoms with Crippen LogP contribution in [0.25, 0.3) is 11.2 Å². The Morgan fingerprint density at radius 2 is 1.88 bits per heavy atom. The molecule has 0 saturated carbocycles. The predicted molar refractivity (Wildman–Crippen MR) is 128 cm³/mol. The van der Waals surface area contributed by atoms with Crippen LogP contribution in [-0.4, -0.2) is 50.2 Å². The molecule has 2 aromatic carbocycles. The number of hydrogen-bond donors (Lipinski definition) is 3. The Morgan fingerprint density at radius 1 is 1.15 bits per heavy atom. The molecule has 11 heteroatoms. The van der Waals surface area contributed by atoms with Gasteiger partial charge in [-0.25, -0.2) is 10.2 Å². The Kier molecular flexibility index (Phi) is 6.74. The number of imidazole rings is 1. The van der Waals surface area contributed by atoms with Gasteiger partial charge in [0, 0.05) is 7.05 Å². The van der Waals surface area contributed by atoms with E-state index in [1.165, 1.54) is 16.2 Å². The monoisotopic (exact) mass is 464 g/mol. The minimum absolute atomic E-state index is 0.0120. The number of aryl methyl sites for hydroxylation is 1. The van der Waals surface area contributed by atoms with Gasteiger partial charge >= 0.3 is 5.69 Å². The second kappa shape index (κ2) is 10.0. The zero-order valence-electron chi connectivity index (χ0n) is 18.6. The van der Waals surface area contributed by atoms with Crippen molar-refractivity contribution in [1.82, 2.24) is 19.1 Å². The summed E-state index contributed by atoms with van der Waals surface area (Å²) in [5.74, 6) is 1.52. The molecule has 0 bridgehead atoms. The Hall–Kier alpha value is -4.38. The molecule has 0 saturated heterocycles. The zero-order chi connectivity index (χ0) is 24.1. The number of anilines is 1. The van der Waals surface area contributed by atoms with Crippen molar-refractivity contribution in [2.24, 2.45) is 12.1 Å². The van der Waals surface area contributed by atoms with Crippen molar-refractivity contribution in [3.8, 4) is 11.5 Å². The number of aliphatic hydroxyl groups is 1. The van der Waals surface area contributed by atoms with E-state index >= 15 is 0 Å². The maximum atomic E-state index is 12.6. The van der Waals surface area contributed by atoms with Gasteiger partial charge in [-0.2, -0.15) is 10.1 Å². The van der Waals surface area contributed by atoms with Gasteiger partial charge in [-0.05, 0) is 42.0 Å². The third-order valence-corrected chi connectivity index (χ3v) is 5.08. The fourth-order valence-electron chi connectivity index (χ4n) is 3.32. The molecule has 0 aliphatic heterocycles. The fourth-order valence-corrected chi connectivity index (χ4v) is 3.32. The number of rotatable bonds is 9. The molecule has 0 amide bonds. The van der Waals surface area contributed by atoms with E-state index in [1.54, 1.807) is 37.6 Å². The summed E-state index contributed by atoms with van der Waals surface area (Å²) in [5, 5.41) is 14.8. The summed E-state index contributed by atoms with van der Waals surface area (Å²) in [7, 11) is 3.08. The van der Waals surface area contributed by atoms with Crippen molar-refractivity contribution < 1.29 is 14.6 Å². The molecule has 3 N–H and O–H groups in total. The first-order valence-electron chi connectivity index (χ1n) is 10.4. The quantitative estimate of drug-likeness (QED) is 0.251. The summed E-state index contributed by atoms with van der Waals surface area (Å²) in [5.41, 5.74) is 2.68. The predicted octanol–water partition coefficient (Wildman–Crippen LogP) is 1.32. The van der Waals surface area contributed by atoms with E-state index in [1.807, 2.05) is 30.3 Å². The molecule has 0 aliphatic rings. The molecule has 0 aliphatic carbocycles. The van der Waals surface area contributed by atoms with Crippen LogP contribution in [0.15, 0.2) is 69.3 Å². The lowest BCUT2D eigenvalue weighted by atomic mass is 10.2. The van der Waals surface area contributed by atoms with Gasteiger partial charge in [-0.1, -0.05) is 18.2 Å². The molecule has 0 radical (unpaired) electrons. The lowest BCUT2D eigenvalue weighted by Crippen LogP contribution is -2.30. The second-order valence-corrected chi connectivity index (χ2v) is 7.46. The Labute approximate surface area is 193 Å². The summed E-state index contributed by atoms with van der Waals surface area (Å²) in [6, 6.07) is 16.3. The second-order valence-electron chi connectivity index (χ2n) is 7.46.